The molecule has 6 nitrogen and oxygen atoms in total. The molecule has 0 spiro atoms. The number of allylic oxidation sites excluding steroid dienone is 5. The molecule has 0 aromatic rings. The summed E-state index contributed by atoms with van der Waals surface area (Å²) >= 11 is 0. The molecular formula is C83H159NO5. The van der Waals surface area contributed by atoms with E-state index >= 15 is 0 Å². The van der Waals surface area contributed by atoms with Gasteiger partial charge in [-0.05, 0) is 64.2 Å². The normalized spacial score (nSPS) is 12.6. The molecule has 0 heterocycles. The number of rotatable bonds is 77. The molecule has 0 aliphatic carbocycles. The Morgan fingerprint density at radius 3 is 0.854 bits per heavy atom. The van der Waals surface area contributed by atoms with Crippen molar-refractivity contribution >= 4 is 11.9 Å². The maximum Gasteiger partial charge on any atom is 0.305 e. The zero-order valence-electron chi connectivity index (χ0n) is 60.4. The molecule has 89 heavy (non-hydrogen) atoms. The second-order valence-electron chi connectivity index (χ2n) is 28.1. The summed E-state index contributed by atoms with van der Waals surface area (Å²) in [6, 6.07) is -0.627. The van der Waals surface area contributed by atoms with E-state index in [-0.39, 0.29) is 18.5 Å². The van der Waals surface area contributed by atoms with Crippen molar-refractivity contribution in [2.75, 3.05) is 13.2 Å². The van der Waals surface area contributed by atoms with E-state index in [1.54, 1.807) is 6.08 Å². The molecule has 0 rings (SSSR count). The summed E-state index contributed by atoms with van der Waals surface area (Å²) in [5.41, 5.74) is 0. The third-order valence-corrected chi connectivity index (χ3v) is 19.2. The van der Waals surface area contributed by atoms with E-state index in [0.717, 1.165) is 44.9 Å². The van der Waals surface area contributed by atoms with Crippen LogP contribution in [0.25, 0.3) is 0 Å². The van der Waals surface area contributed by atoms with Gasteiger partial charge in [0.1, 0.15) is 0 Å². The van der Waals surface area contributed by atoms with Crippen molar-refractivity contribution in [3.63, 3.8) is 0 Å². The number of unbranched alkanes of at least 4 members (excludes halogenated alkanes) is 62. The van der Waals surface area contributed by atoms with E-state index < -0.39 is 12.1 Å². The lowest BCUT2D eigenvalue weighted by Gasteiger charge is -2.20. The van der Waals surface area contributed by atoms with Crippen LogP contribution in [-0.4, -0.2) is 47.4 Å². The lowest BCUT2D eigenvalue weighted by Crippen LogP contribution is -2.45. The van der Waals surface area contributed by atoms with Gasteiger partial charge in [-0.25, -0.2) is 0 Å². The van der Waals surface area contributed by atoms with Crippen LogP contribution in [0.5, 0.6) is 0 Å². The van der Waals surface area contributed by atoms with Gasteiger partial charge in [0.2, 0.25) is 5.91 Å². The fourth-order valence-corrected chi connectivity index (χ4v) is 13.0. The summed E-state index contributed by atoms with van der Waals surface area (Å²) in [6.07, 6.45) is 103. The predicted octanol–water partition coefficient (Wildman–Crippen LogP) is 27.0. The van der Waals surface area contributed by atoms with E-state index in [1.165, 1.54) is 385 Å². The van der Waals surface area contributed by atoms with Crippen LogP contribution in [-0.2, 0) is 14.3 Å². The fourth-order valence-electron chi connectivity index (χ4n) is 13.0. The molecule has 0 aromatic carbocycles. The Bertz CT molecular complexity index is 1440. The largest absolute Gasteiger partial charge is 0.466 e. The maximum absolute atomic E-state index is 12.5. The average Bonchev–Trinajstić information content (AvgIpc) is 3.67. The molecule has 3 N–H and O–H groups in total. The van der Waals surface area contributed by atoms with E-state index in [1.807, 2.05) is 6.08 Å². The second-order valence-corrected chi connectivity index (χ2v) is 28.1. The van der Waals surface area contributed by atoms with Crippen LogP contribution in [0.3, 0.4) is 0 Å². The fraction of sp³-hybridized carbons (Fsp3) is 0.904. The number of carbonyl (C=O) groups is 2. The van der Waals surface area contributed by atoms with Crippen LogP contribution in [0.2, 0.25) is 0 Å². The highest BCUT2D eigenvalue weighted by Crippen LogP contribution is 2.20. The smallest absolute Gasteiger partial charge is 0.305 e. The Hall–Kier alpha value is -1.92. The van der Waals surface area contributed by atoms with Gasteiger partial charge >= 0.3 is 5.97 Å². The number of hydrogen-bond donors (Lipinski definition) is 3. The molecule has 526 valence electrons. The zero-order valence-corrected chi connectivity index (χ0v) is 60.4. The number of hydrogen-bond acceptors (Lipinski definition) is 5. The van der Waals surface area contributed by atoms with Crippen LogP contribution in [0.15, 0.2) is 36.5 Å². The topological polar surface area (TPSA) is 95.9 Å². The van der Waals surface area contributed by atoms with E-state index in [9.17, 15) is 19.8 Å². The summed E-state index contributed by atoms with van der Waals surface area (Å²) in [5, 5.41) is 23.3. The van der Waals surface area contributed by atoms with Crippen molar-refractivity contribution < 1.29 is 24.5 Å². The SMILES string of the molecule is CCCCCCCCCCCCCCCCCCCC/C=C/C(O)C(CO)NC(=O)CCCCCCCCCCCCCCCCCCC/C=C\C/C=C\CCCCCCCCCCCCCCCCCOC(=O)CCCCCCCCCCCCCCC. The summed E-state index contributed by atoms with van der Waals surface area (Å²) in [5.74, 6) is -0.0381. The summed E-state index contributed by atoms with van der Waals surface area (Å²) in [7, 11) is 0. The molecule has 0 fully saturated rings. The van der Waals surface area contributed by atoms with Gasteiger partial charge in [-0.1, -0.05) is 416 Å². The molecule has 0 radical (unpaired) electrons. The lowest BCUT2D eigenvalue weighted by atomic mass is 10.0. The molecular weight excluding hydrogens is 1090 g/mol. The van der Waals surface area contributed by atoms with Crippen molar-refractivity contribution in [1.82, 2.24) is 5.32 Å². The lowest BCUT2D eigenvalue weighted by molar-refractivity contribution is -0.143. The third-order valence-electron chi connectivity index (χ3n) is 19.2. The molecule has 0 saturated heterocycles. The molecule has 2 atom stereocenters. The molecule has 0 saturated carbocycles. The Morgan fingerprint density at radius 1 is 0.315 bits per heavy atom. The van der Waals surface area contributed by atoms with E-state index in [0.29, 0.717) is 19.4 Å². The van der Waals surface area contributed by atoms with Crippen molar-refractivity contribution in [2.45, 2.75) is 469 Å². The number of esters is 1. The number of nitrogens with one attached hydrogen (secondary N) is 1. The second kappa shape index (κ2) is 78.5. The van der Waals surface area contributed by atoms with E-state index in [4.69, 9.17) is 4.74 Å². The first-order chi connectivity index (χ1) is 44.0. The summed E-state index contributed by atoms with van der Waals surface area (Å²) in [4.78, 5) is 24.6. The van der Waals surface area contributed by atoms with Crippen molar-refractivity contribution in [1.29, 1.82) is 0 Å². The highest BCUT2D eigenvalue weighted by Gasteiger charge is 2.18. The van der Waals surface area contributed by atoms with Crippen molar-refractivity contribution in [3.05, 3.63) is 36.5 Å². The molecule has 0 aromatic heterocycles. The Balaban J connectivity index is 3.37. The first-order valence-electron chi connectivity index (χ1n) is 40.8. The number of aliphatic hydroxyl groups excluding tert-OH is 2. The Morgan fingerprint density at radius 2 is 0.562 bits per heavy atom. The number of amides is 1. The molecule has 0 aliphatic heterocycles. The molecule has 6 heteroatoms. The van der Waals surface area contributed by atoms with Crippen LogP contribution in [0.1, 0.15) is 457 Å². The first-order valence-corrected chi connectivity index (χ1v) is 40.8. The zero-order chi connectivity index (χ0) is 64.2. The Kier molecular flexibility index (Phi) is 76.8. The summed E-state index contributed by atoms with van der Waals surface area (Å²) < 4.78 is 5.50. The van der Waals surface area contributed by atoms with Gasteiger partial charge in [-0.3, -0.25) is 9.59 Å². The third kappa shape index (κ3) is 75.0. The average molecular weight is 1250 g/mol. The maximum atomic E-state index is 12.5. The highest BCUT2D eigenvalue weighted by molar-refractivity contribution is 5.76. The quantitative estimate of drug-likeness (QED) is 0.0320. The summed E-state index contributed by atoms with van der Waals surface area (Å²) in [6.45, 7) is 4.95. The van der Waals surface area contributed by atoms with Crippen LogP contribution >= 0.6 is 0 Å². The van der Waals surface area contributed by atoms with Gasteiger partial charge < -0.3 is 20.3 Å². The number of aliphatic hydroxyl groups is 2. The van der Waals surface area contributed by atoms with Crippen molar-refractivity contribution in [3.8, 4) is 0 Å². The standard InChI is InChI=1S/C83H159NO5/c1-3-5-7-9-11-13-15-17-18-19-20-42-45-48-52-55-59-63-67-71-75-81(86)80(79-85)84-82(87)76-72-68-64-60-56-53-49-46-43-40-38-36-34-32-30-28-26-24-22-21-23-25-27-29-31-33-35-37-39-41-44-47-50-54-58-62-66-70-74-78-89-83(88)77-73-69-65-61-57-51-16-14-12-10-8-6-4-2/h21-22,25,27,71,75,80-81,85-86H,3-20,23-24,26,28-70,72-74,76-79H2,1-2H3,(H,84,87)/b22-21-,27-25-,75-71+. The monoisotopic (exact) mass is 1250 g/mol. The van der Waals surface area contributed by atoms with Crippen LogP contribution < -0.4 is 5.32 Å². The predicted molar refractivity (Wildman–Crippen MR) is 393 cm³/mol. The van der Waals surface area contributed by atoms with Crippen LogP contribution in [0.4, 0.5) is 0 Å². The first kappa shape index (κ1) is 87.1. The molecule has 2 unspecified atom stereocenters. The van der Waals surface area contributed by atoms with Gasteiger partial charge in [-0.15, -0.1) is 0 Å². The van der Waals surface area contributed by atoms with E-state index in [2.05, 4.69) is 43.5 Å². The van der Waals surface area contributed by atoms with Gasteiger partial charge in [0.25, 0.3) is 0 Å². The Labute approximate surface area is 557 Å². The minimum atomic E-state index is -0.843. The molecule has 1 amide bonds. The molecule has 0 aliphatic rings. The van der Waals surface area contributed by atoms with Gasteiger partial charge in [0.15, 0.2) is 0 Å². The van der Waals surface area contributed by atoms with Gasteiger partial charge in [0.05, 0.1) is 25.4 Å². The minimum absolute atomic E-state index is 0.0224. The van der Waals surface area contributed by atoms with Gasteiger partial charge in [-0.2, -0.15) is 0 Å². The number of carbonyl (C=O) groups excluding carboxylic acids is 2. The molecule has 0 bridgehead atoms. The van der Waals surface area contributed by atoms with Crippen molar-refractivity contribution in [2.24, 2.45) is 0 Å². The van der Waals surface area contributed by atoms with Gasteiger partial charge in [0, 0.05) is 12.8 Å². The highest BCUT2D eigenvalue weighted by atomic mass is 16.5. The number of ether oxygens (including phenoxy) is 1. The minimum Gasteiger partial charge on any atom is -0.466 e. The van der Waals surface area contributed by atoms with Crippen LogP contribution in [0, 0.1) is 0 Å².